The average molecular weight is 556 g/mol. The van der Waals surface area contributed by atoms with Crippen LogP contribution in [0.5, 0.6) is 0 Å². The number of hydrogen-bond acceptors (Lipinski definition) is 7. The summed E-state index contributed by atoms with van der Waals surface area (Å²) in [5.41, 5.74) is 4.28. The van der Waals surface area contributed by atoms with Gasteiger partial charge in [-0.3, -0.25) is 4.79 Å². The fourth-order valence-electron chi connectivity index (χ4n) is 6.01. The lowest BCUT2D eigenvalue weighted by atomic mass is 9.85. The Kier molecular flexibility index (Phi) is 6.30. The van der Waals surface area contributed by atoms with E-state index in [0.29, 0.717) is 38.3 Å². The summed E-state index contributed by atoms with van der Waals surface area (Å²) in [6, 6.07) is 15.7. The first-order valence-electron chi connectivity index (χ1n) is 13.5. The number of benzene rings is 2. The number of nitrogens with zero attached hydrogens (tertiary/aromatic N) is 6. The van der Waals surface area contributed by atoms with Gasteiger partial charge < -0.3 is 14.5 Å². The molecule has 1 spiro atoms. The number of likely N-dealkylation sites (tertiary alicyclic amines) is 1. The normalized spacial score (nSPS) is 21.0. The monoisotopic (exact) mass is 555 g/mol. The maximum Gasteiger partial charge on any atom is 0.410 e. The third-order valence-electron chi connectivity index (χ3n) is 8.19. The highest BCUT2D eigenvalue weighted by Gasteiger charge is 2.52. The van der Waals surface area contributed by atoms with Gasteiger partial charge in [-0.1, -0.05) is 36.4 Å². The predicted molar refractivity (Wildman–Crippen MR) is 153 cm³/mol. The molecule has 7 rings (SSSR count). The Morgan fingerprint density at radius 1 is 1.12 bits per heavy atom. The summed E-state index contributed by atoms with van der Waals surface area (Å²) in [5, 5.41) is 16.8. The zero-order valence-corrected chi connectivity index (χ0v) is 22.8. The Morgan fingerprint density at radius 3 is 2.80 bits per heavy atom. The minimum Gasteiger partial charge on any atom is -0.445 e. The standard InChI is InChI=1S/C29H29N7O3S/c37-27-29(10-12-34(19-29)28(38)39-18-20-4-2-1-3-5-20)11-13-35(27)22-6-7-24-23(16-22)26(21-8-14-40-15-9-21)32-36(24)25-17-30-33-31-25/h1-8,16-17H,9-15,18-19H2,(H,30,31,33)/t29-/m0/s1. The highest BCUT2D eigenvalue weighted by Crippen LogP contribution is 2.43. The summed E-state index contributed by atoms with van der Waals surface area (Å²) in [5.74, 6) is 2.71. The summed E-state index contributed by atoms with van der Waals surface area (Å²) in [6.45, 7) is 1.75. The van der Waals surface area contributed by atoms with Crippen LogP contribution in [0.4, 0.5) is 10.5 Å². The van der Waals surface area contributed by atoms with Crippen LogP contribution < -0.4 is 4.90 Å². The number of rotatable bonds is 5. The molecule has 2 fully saturated rings. The van der Waals surface area contributed by atoms with E-state index in [9.17, 15) is 9.59 Å². The second-order valence-electron chi connectivity index (χ2n) is 10.5. The van der Waals surface area contributed by atoms with E-state index in [2.05, 4.69) is 27.6 Å². The van der Waals surface area contributed by atoms with E-state index in [0.717, 1.165) is 45.8 Å². The molecule has 11 heteroatoms. The van der Waals surface area contributed by atoms with Crippen molar-refractivity contribution >= 4 is 45.9 Å². The molecule has 2 saturated heterocycles. The number of amides is 2. The summed E-state index contributed by atoms with van der Waals surface area (Å²) in [7, 11) is 0. The first-order valence-corrected chi connectivity index (χ1v) is 14.7. The molecular weight excluding hydrogens is 526 g/mol. The van der Waals surface area contributed by atoms with Gasteiger partial charge in [0.15, 0.2) is 5.82 Å². The van der Waals surface area contributed by atoms with Crippen LogP contribution in [-0.2, 0) is 16.1 Å². The number of fused-ring (bicyclic) bond motifs is 1. The fraction of sp³-hybridized carbons (Fsp3) is 0.345. The maximum atomic E-state index is 13.9. The third-order valence-corrected chi connectivity index (χ3v) is 9.09. The van der Waals surface area contributed by atoms with E-state index in [4.69, 9.17) is 9.84 Å². The van der Waals surface area contributed by atoms with Crippen molar-refractivity contribution in [2.24, 2.45) is 5.41 Å². The Labute approximate surface area is 235 Å². The van der Waals surface area contributed by atoms with Crippen molar-refractivity contribution in [2.45, 2.75) is 25.9 Å². The molecule has 1 atom stereocenters. The van der Waals surface area contributed by atoms with Crippen molar-refractivity contribution in [3.63, 3.8) is 0 Å². The number of aromatic nitrogens is 5. The smallest absolute Gasteiger partial charge is 0.410 e. The minimum absolute atomic E-state index is 0.0731. The van der Waals surface area contributed by atoms with Crippen LogP contribution in [0.15, 0.2) is 60.8 Å². The molecule has 0 saturated carbocycles. The highest BCUT2D eigenvalue weighted by atomic mass is 32.2. The van der Waals surface area contributed by atoms with Crippen LogP contribution in [0.3, 0.4) is 0 Å². The van der Waals surface area contributed by atoms with Gasteiger partial charge in [0.25, 0.3) is 0 Å². The first-order chi connectivity index (χ1) is 19.6. The molecule has 3 aliphatic heterocycles. The van der Waals surface area contributed by atoms with Crippen molar-refractivity contribution in [3.8, 4) is 5.82 Å². The third kappa shape index (κ3) is 4.34. The van der Waals surface area contributed by atoms with Crippen molar-refractivity contribution in [1.29, 1.82) is 0 Å². The van der Waals surface area contributed by atoms with Gasteiger partial charge >= 0.3 is 6.09 Å². The molecule has 204 valence electrons. The summed E-state index contributed by atoms with van der Waals surface area (Å²) in [6.07, 6.45) is 5.83. The molecule has 2 aromatic heterocycles. The molecule has 3 aliphatic rings. The minimum atomic E-state index is -0.572. The summed E-state index contributed by atoms with van der Waals surface area (Å²) >= 11 is 1.91. The van der Waals surface area contributed by atoms with Crippen molar-refractivity contribution in [3.05, 3.63) is 72.1 Å². The predicted octanol–water partition coefficient (Wildman–Crippen LogP) is 4.43. The van der Waals surface area contributed by atoms with E-state index >= 15 is 0 Å². The molecule has 4 aromatic rings. The molecule has 5 heterocycles. The Hall–Kier alpha value is -4.12. The molecule has 0 unspecified atom stereocenters. The van der Waals surface area contributed by atoms with Crippen molar-refractivity contribution in [2.75, 3.05) is 36.0 Å². The molecule has 1 N–H and O–H groups in total. The van der Waals surface area contributed by atoms with Crippen LogP contribution in [0.25, 0.3) is 22.3 Å². The SMILES string of the molecule is O=C(OCc1ccccc1)N1CC[C@]2(CCN(c3ccc4c(c3)c(C3=CCSCC3)nn4-c3cn[nH]n3)C2=O)C1. The number of hydrogen-bond donors (Lipinski definition) is 1. The summed E-state index contributed by atoms with van der Waals surface area (Å²) < 4.78 is 7.36. The molecule has 0 radical (unpaired) electrons. The molecule has 0 bridgehead atoms. The van der Waals surface area contributed by atoms with Gasteiger partial charge in [0, 0.05) is 36.5 Å². The van der Waals surface area contributed by atoms with E-state index in [1.165, 1.54) is 5.57 Å². The van der Waals surface area contributed by atoms with Crippen LogP contribution in [0, 0.1) is 5.41 Å². The quantitative estimate of drug-likeness (QED) is 0.388. The number of carbonyl (C=O) groups is 2. The maximum absolute atomic E-state index is 13.9. The lowest BCUT2D eigenvalue weighted by molar-refractivity contribution is -0.124. The number of carbonyl (C=O) groups excluding carboxylic acids is 2. The average Bonchev–Trinajstić information content (AvgIpc) is 3.80. The molecular formula is C29H29N7O3S. The number of ether oxygens (including phenoxy) is 1. The van der Waals surface area contributed by atoms with Crippen LogP contribution in [0.1, 0.15) is 30.5 Å². The molecule has 40 heavy (non-hydrogen) atoms. The van der Waals surface area contributed by atoms with E-state index in [1.807, 2.05) is 63.8 Å². The Bertz CT molecular complexity index is 1600. The number of H-pyrrole nitrogens is 1. The van der Waals surface area contributed by atoms with E-state index in [-0.39, 0.29) is 18.6 Å². The number of nitrogens with one attached hydrogen (secondary N) is 1. The lowest BCUT2D eigenvalue weighted by Gasteiger charge is -2.23. The Balaban J connectivity index is 1.13. The molecule has 2 aromatic carbocycles. The highest BCUT2D eigenvalue weighted by molar-refractivity contribution is 7.99. The largest absolute Gasteiger partial charge is 0.445 e. The van der Waals surface area contributed by atoms with Crippen LogP contribution in [0.2, 0.25) is 0 Å². The van der Waals surface area contributed by atoms with E-state index < -0.39 is 5.41 Å². The zero-order valence-electron chi connectivity index (χ0n) is 22.0. The summed E-state index contributed by atoms with van der Waals surface area (Å²) in [4.78, 5) is 30.2. The lowest BCUT2D eigenvalue weighted by Crippen LogP contribution is -2.38. The Morgan fingerprint density at radius 2 is 2.00 bits per heavy atom. The van der Waals surface area contributed by atoms with Gasteiger partial charge in [-0.2, -0.15) is 27.2 Å². The second-order valence-corrected chi connectivity index (χ2v) is 11.7. The first kappa shape index (κ1) is 24.9. The van der Waals surface area contributed by atoms with Crippen LogP contribution >= 0.6 is 11.8 Å². The van der Waals surface area contributed by atoms with Crippen LogP contribution in [-0.4, -0.2) is 73.2 Å². The molecule has 10 nitrogen and oxygen atoms in total. The number of thioether (sulfide) groups is 1. The topological polar surface area (TPSA) is 109 Å². The van der Waals surface area contributed by atoms with Gasteiger partial charge in [0.05, 0.1) is 22.8 Å². The van der Waals surface area contributed by atoms with Gasteiger partial charge in [0.1, 0.15) is 6.61 Å². The van der Waals surface area contributed by atoms with Gasteiger partial charge in [-0.15, -0.1) is 5.10 Å². The zero-order chi connectivity index (χ0) is 27.1. The number of aromatic amines is 1. The van der Waals surface area contributed by atoms with E-state index in [1.54, 1.807) is 11.1 Å². The van der Waals surface area contributed by atoms with Gasteiger partial charge in [0.2, 0.25) is 5.91 Å². The number of allylic oxidation sites excluding steroid dienone is 1. The van der Waals surface area contributed by atoms with Gasteiger partial charge in [-0.25, -0.2) is 9.48 Å². The fourth-order valence-corrected chi connectivity index (χ4v) is 6.86. The van der Waals surface area contributed by atoms with Gasteiger partial charge in [-0.05, 0) is 54.4 Å². The van der Waals surface area contributed by atoms with Crippen molar-refractivity contribution in [1.82, 2.24) is 30.1 Å². The molecule has 2 amide bonds. The second kappa shape index (κ2) is 10.1. The molecule has 0 aliphatic carbocycles. The number of anilines is 1. The van der Waals surface area contributed by atoms with Crippen molar-refractivity contribution < 1.29 is 14.3 Å².